The Bertz CT molecular complexity index is 581. The molecule has 1 unspecified atom stereocenters. The van der Waals surface area contributed by atoms with Crippen LogP contribution in [0.1, 0.15) is 18.5 Å². The molecule has 0 bridgehead atoms. The molecule has 0 saturated carbocycles. The number of pyridine rings is 1. The summed E-state index contributed by atoms with van der Waals surface area (Å²) in [6.07, 6.45) is 2.85. The predicted molar refractivity (Wildman–Crippen MR) is 85.8 cm³/mol. The van der Waals surface area contributed by atoms with Gasteiger partial charge in [-0.3, -0.25) is 4.98 Å². The van der Waals surface area contributed by atoms with Crippen molar-refractivity contribution in [3.05, 3.63) is 55.4 Å². The van der Waals surface area contributed by atoms with Crippen LogP contribution in [0.2, 0.25) is 0 Å². The van der Waals surface area contributed by atoms with Gasteiger partial charge in [-0.05, 0) is 62.5 Å². The minimum absolute atomic E-state index is 0.0584. The smallest absolute Gasteiger partial charge is 0.141 e. The van der Waals surface area contributed by atoms with E-state index in [2.05, 4.69) is 58.1 Å². The monoisotopic (exact) mass is 450 g/mol. The van der Waals surface area contributed by atoms with Crippen LogP contribution in [0.3, 0.4) is 0 Å². The largest absolute Gasteiger partial charge is 0.377 e. The molecule has 6 heteroatoms. The van der Waals surface area contributed by atoms with E-state index in [4.69, 9.17) is 0 Å². The minimum Gasteiger partial charge on any atom is -0.377 e. The molecule has 0 amide bonds. The molecule has 0 spiro atoms. The summed E-state index contributed by atoms with van der Waals surface area (Å²) in [6.45, 7) is 1.96. The van der Waals surface area contributed by atoms with Crippen LogP contribution in [0.15, 0.2) is 44.0 Å². The van der Waals surface area contributed by atoms with Crippen LogP contribution in [0.25, 0.3) is 0 Å². The van der Waals surface area contributed by atoms with Gasteiger partial charge in [0.15, 0.2) is 0 Å². The van der Waals surface area contributed by atoms with Gasteiger partial charge >= 0.3 is 0 Å². The summed E-state index contributed by atoms with van der Waals surface area (Å²) >= 11 is 10.4. The summed E-state index contributed by atoms with van der Waals surface area (Å²) in [5, 5.41) is 3.33. The van der Waals surface area contributed by atoms with E-state index in [9.17, 15) is 4.39 Å². The normalized spacial score (nSPS) is 12.3. The number of nitrogens with zero attached hydrogens (tertiary/aromatic N) is 1. The average Bonchev–Trinajstić information content (AvgIpc) is 2.33. The number of hydrogen-bond acceptors (Lipinski definition) is 2. The number of aromatic nitrogens is 1. The molecule has 100 valence electrons. The van der Waals surface area contributed by atoms with E-state index >= 15 is 0 Å². The molecule has 0 radical (unpaired) electrons. The standard InChI is InChI=1S/C13H10Br3FN2/c1-7(8-2-10(17)6-18-5-8)19-13-11(15)3-9(14)4-12(13)16/h2-7,19H,1H3. The lowest BCUT2D eigenvalue weighted by atomic mass is 10.1. The van der Waals surface area contributed by atoms with Crippen molar-refractivity contribution in [1.29, 1.82) is 0 Å². The van der Waals surface area contributed by atoms with E-state index in [0.717, 1.165) is 24.7 Å². The van der Waals surface area contributed by atoms with E-state index in [1.807, 2.05) is 19.1 Å². The molecule has 19 heavy (non-hydrogen) atoms. The van der Waals surface area contributed by atoms with Gasteiger partial charge in [-0.2, -0.15) is 0 Å². The van der Waals surface area contributed by atoms with Crippen LogP contribution >= 0.6 is 47.8 Å². The van der Waals surface area contributed by atoms with Gasteiger partial charge < -0.3 is 5.32 Å². The quantitative estimate of drug-likeness (QED) is 0.648. The number of anilines is 1. The fraction of sp³-hybridized carbons (Fsp3) is 0.154. The van der Waals surface area contributed by atoms with Crippen LogP contribution in [0.4, 0.5) is 10.1 Å². The highest BCUT2D eigenvalue weighted by molar-refractivity contribution is 9.11. The topological polar surface area (TPSA) is 24.9 Å². The van der Waals surface area contributed by atoms with Gasteiger partial charge in [0.2, 0.25) is 0 Å². The maximum absolute atomic E-state index is 13.2. The molecule has 0 aliphatic heterocycles. The van der Waals surface area contributed by atoms with Crippen molar-refractivity contribution in [1.82, 2.24) is 4.98 Å². The summed E-state index contributed by atoms with van der Waals surface area (Å²) in [4.78, 5) is 3.86. The predicted octanol–water partition coefficient (Wildman–Crippen LogP) is 5.68. The summed E-state index contributed by atoms with van der Waals surface area (Å²) in [5.41, 5.74) is 1.71. The average molecular weight is 453 g/mol. The molecule has 1 aromatic carbocycles. The molecule has 0 fully saturated rings. The lowest BCUT2D eigenvalue weighted by Gasteiger charge is -2.18. The molecule has 2 rings (SSSR count). The summed E-state index contributed by atoms with van der Waals surface area (Å²) < 4.78 is 16.0. The lowest BCUT2D eigenvalue weighted by Crippen LogP contribution is -2.08. The van der Waals surface area contributed by atoms with Gasteiger partial charge in [-0.25, -0.2) is 4.39 Å². The maximum atomic E-state index is 13.2. The molecule has 1 heterocycles. The van der Waals surface area contributed by atoms with E-state index in [1.165, 1.54) is 12.3 Å². The van der Waals surface area contributed by atoms with Gasteiger partial charge in [0.1, 0.15) is 5.82 Å². The van der Waals surface area contributed by atoms with E-state index in [0.29, 0.717) is 0 Å². The first-order valence-corrected chi connectivity index (χ1v) is 7.87. The first-order valence-electron chi connectivity index (χ1n) is 5.49. The maximum Gasteiger partial charge on any atom is 0.141 e. The lowest BCUT2D eigenvalue weighted by molar-refractivity contribution is 0.616. The second-order valence-corrected chi connectivity index (χ2v) is 6.67. The molecule has 1 N–H and O–H groups in total. The van der Waals surface area contributed by atoms with Gasteiger partial charge in [-0.15, -0.1) is 0 Å². The van der Waals surface area contributed by atoms with Crippen LogP contribution in [-0.2, 0) is 0 Å². The third-order valence-electron chi connectivity index (χ3n) is 2.59. The SMILES string of the molecule is CC(Nc1c(Br)cc(Br)cc1Br)c1cncc(F)c1. The number of hydrogen-bond donors (Lipinski definition) is 1. The Morgan fingerprint density at radius 2 is 1.74 bits per heavy atom. The van der Waals surface area contributed by atoms with E-state index in [-0.39, 0.29) is 11.9 Å². The zero-order valence-electron chi connectivity index (χ0n) is 9.92. The highest BCUT2D eigenvalue weighted by Crippen LogP contribution is 2.36. The van der Waals surface area contributed by atoms with Crippen molar-refractivity contribution in [3.8, 4) is 0 Å². The molecule has 2 nitrogen and oxygen atoms in total. The molecule has 0 aliphatic carbocycles. The molecule has 1 atom stereocenters. The minimum atomic E-state index is -0.333. The zero-order valence-corrected chi connectivity index (χ0v) is 14.7. The highest BCUT2D eigenvalue weighted by Gasteiger charge is 2.12. The van der Waals surface area contributed by atoms with Crippen LogP contribution in [-0.4, -0.2) is 4.98 Å². The van der Waals surface area contributed by atoms with Crippen molar-refractivity contribution < 1.29 is 4.39 Å². The fourth-order valence-corrected chi connectivity index (χ4v) is 4.13. The highest BCUT2D eigenvalue weighted by atomic mass is 79.9. The first kappa shape index (κ1) is 14.9. The third-order valence-corrected chi connectivity index (χ3v) is 4.30. The molecule has 1 aromatic heterocycles. The van der Waals surface area contributed by atoms with Crippen LogP contribution < -0.4 is 5.32 Å². The van der Waals surface area contributed by atoms with Gasteiger partial charge in [0, 0.05) is 19.6 Å². The van der Waals surface area contributed by atoms with Crippen LogP contribution in [0.5, 0.6) is 0 Å². The van der Waals surface area contributed by atoms with Crippen molar-refractivity contribution >= 4 is 53.5 Å². The van der Waals surface area contributed by atoms with Gasteiger partial charge in [0.05, 0.1) is 17.9 Å². The van der Waals surface area contributed by atoms with Gasteiger partial charge in [-0.1, -0.05) is 15.9 Å². The van der Waals surface area contributed by atoms with E-state index in [1.54, 1.807) is 6.20 Å². The van der Waals surface area contributed by atoms with E-state index < -0.39 is 0 Å². The van der Waals surface area contributed by atoms with Crippen molar-refractivity contribution in [2.24, 2.45) is 0 Å². The molecular formula is C13H10Br3FN2. The first-order chi connectivity index (χ1) is 8.97. The Morgan fingerprint density at radius 3 is 2.32 bits per heavy atom. The molecule has 0 saturated heterocycles. The second-order valence-electron chi connectivity index (χ2n) is 4.05. The Labute approximate surface area is 136 Å². The van der Waals surface area contributed by atoms with Crippen molar-refractivity contribution in [3.63, 3.8) is 0 Å². The Balaban J connectivity index is 2.26. The van der Waals surface area contributed by atoms with Gasteiger partial charge in [0.25, 0.3) is 0 Å². The molecule has 2 aromatic rings. The number of rotatable bonds is 3. The number of benzene rings is 1. The second kappa shape index (κ2) is 6.33. The molecule has 0 aliphatic rings. The summed E-state index contributed by atoms with van der Waals surface area (Å²) in [5.74, 6) is -0.333. The summed E-state index contributed by atoms with van der Waals surface area (Å²) in [7, 11) is 0. The third kappa shape index (κ3) is 3.77. The number of nitrogens with one attached hydrogen (secondary N) is 1. The fourth-order valence-electron chi connectivity index (χ4n) is 1.65. The Kier molecular flexibility index (Phi) is 4.97. The van der Waals surface area contributed by atoms with Crippen LogP contribution in [0, 0.1) is 5.82 Å². The number of halogens is 4. The molecular weight excluding hydrogens is 443 g/mol. The van der Waals surface area contributed by atoms with Crippen molar-refractivity contribution in [2.45, 2.75) is 13.0 Å². The van der Waals surface area contributed by atoms with Crippen molar-refractivity contribution in [2.75, 3.05) is 5.32 Å². The Morgan fingerprint density at radius 1 is 1.11 bits per heavy atom. The zero-order chi connectivity index (χ0) is 14.0. The summed E-state index contributed by atoms with van der Waals surface area (Å²) in [6, 6.07) is 5.32. The Hall–Kier alpha value is -0.460.